The third-order valence-corrected chi connectivity index (χ3v) is 1.73. The first-order valence-corrected chi connectivity index (χ1v) is 3.36. The molecule has 0 saturated carbocycles. The monoisotopic (exact) mass is 164 g/mol. The van der Waals surface area contributed by atoms with Gasteiger partial charge in [0.25, 0.3) is 0 Å². The van der Waals surface area contributed by atoms with E-state index in [0.29, 0.717) is 0 Å². The molecule has 1 rings (SSSR count). The van der Waals surface area contributed by atoms with Crippen LogP contribution >= 0.6 is 0 Å². The molecule has 0 radical (unpaired) electrons. The summed E-state index contributed by atoms with van der Waals surface area (Å²) in [4.78, 5) is 0. The molecule has 0 aliphatic carbocycles. The Bertz CT molecular complexity index is 110. The predicted octanol–water partition coefficient (Wildman–Crippen LogP) is -1.93. The van der Waals surface area contributed by atoms with E-state index in [4.69, 9.17) is 20.1 Å². The van der Waals surface area contributed by atoms with E-state index in [2.05, 4.69) is 4.74 Å². The molecule has 0 aromatic heterocycles. The Morgan fingerprint density at radius 1 is 1.36 bits per heavy atom. The van der Waals surface area contributed by atoms with Crippen LogP contribution in [-0.2, 0) is 9.47 Å². The van der Waals surface area contributed by atoms with Gasteiger partial charge in [-0.25, -0.2) is 0 Å². The van der Waals surface area contributed by atoms with Gasteiger partial charge in [0.1, 0.15) is 18.3 Å². The van der Waals surface area contributed by atoms with Gasteiger partial charge >= 0.3 is 0 Å². The van der Waals surface area contributed by atoms with Gasteiger partial charge in [-0.15, -0.1) is 0 Å². The minimum atomic E-state index is -1.07. The van der Waals surface area contributed by atoms with Crippen molar-refractivity contribution in [1.29, 1.82) is 0 Å². The Balaban J connectivity index is 2.53. The summed E-state index contributed by atoms with van der Waals surface area (Å²) in [5, 5.41) is 26.9. The zero-order chi connectivity index (χ0) is 8.43. The quantitative estimate of drug-likeness (QED) is 0.443. The summed E-state index contributed by atoms with van der Waals surface area (Å²) in [6.45, 7) is -0.321. The smallest absolute Gasteiger partial charge is 0.186 e. The van der Waals surface area contributed by atoms with Crippen LogP contribution in [0.4, 0.5) is 0 Å². The van der Waals surface area contributed by atoms with Gasteiger partial charge in [-0.2, -0.15) is 0 Å². The maximum atomic E-state index is 9.15. The lowest BCUT2D eigenvalue weighted by atomic mass is 10.1. The summed E-state index contributed by atoms with van der Waals surface area (Å²) < 4.78 is 9.59. The average Bonchev–Trinajstić information content (AvgIpc) is 2.30. The number of aliphatic hydroxyl groups is 3. The fourth-order valence-corrected chi connectivity index (χ4v) is 1.06. The molecule has 1 heterocycles. The van der Waals surface area contributed by atoms with Crippen molar-refractivity contribution in [3.05, 3.63) is 0 Å². The van der Waals surface area contributed by atoms with E-state index in [1.54, 1.807) is 0 Å². The highest BCUT2D eigenvalue weighted by Crippen LogP contribution is 2.20. The predicted molar refractivity (Wildman–Crippen MR) is 34.8 cm³/mol. The number of methoxy groups -OCH3 is 1. The molecule has 5 heteroatoms. The Kier molecular flexibility index (Phi) is 2.80. The van der Waals surface area contributed by atoms with Crippen LogP contribution in [0.15, 0.2) is 0 Å². The van der Waals surface area contributed by atoms with Gasteiger partial charge in [-0.1, -0.05) is 0 Å². The molecule has 0 bridgehead atoms. The first-order valence-electron chi connectivity index (χ1n) is 3.36. The van der Waals surface area contributed by atoms with Crippen molar-refractivity contribution >= 4 is 0 Å². The Morgan fingerprint density at radius 3 is 2.27 bits per heavy atom. The van der Waals surface area contributed by atoms with Crippen LogP contribution in [0.2, 0.25) is 0 Å². The van der Waals surface area contributed by atoms with Crippen molar-refractivity contribution in [2.75, 3.05) is 13.7 Å². The second kappa shape index (κ2) is 3.46. The number of hydrogen-bond acceptors (Lipinski definition) is 5. The molecule has 66 valence electrons. The fraction of sp³-hybridized carbons (Fsp3) is 1.00. The lowest BCUT2D eigenvalue weighted by Crippen LogP contribution is -2.34. The van der Waals surface area contributed by atoms with Crippen LogP contribution in [-0.4, -0.2) is 53.6 Å². The molecule has 2 unspecified atom stereocenters. The lowest BCUT2D eigenvalue weighted by Gasteiger charge is -2.11. The summed E-state index contributed by atoms with van der Waals surface area (Å²) in [7, 11) is 1.36. The van der Waals surface area contributed by atoms with Crippen molar-refractivity contribution in [2.45, 2.75) is 24.6 Å². The van der Waals surface area contributed by atoms with Gasteiger partial charge in [-0.3, -0.25) is 0 Å². The van der Waals surface area contributed by atoms with Gasteiger partial charge < -0.3 is 24.8 Å². The first kappa shape index (κ1) is 8.89. The van der Waals surface area contributed by atoms with Gasteiger partial charge in [0, 0.05) is 7.11 Å². The Labute approximate surface area is 64.2 Å². The normalized spacial score (nSPS) is 44.7. The molecule has 11 heavy (non-hydrogen) atoms. The molecule has 5 nitrogen and oxygen atoms in total. The molecule has 0 aromatic carbocycles. The first-order chi connectivity index (χ1) is 5.20. The maximum Gasteiger partial charge on any atom is 0.186 e. The summed E-state index contributed by atoms with van der Waals surface area (Å²) in [5.74, 6) is 0. The summed E-state index contributed by atoms with van der Waals surface area (Å²) >= 11 is 0. The standard InChI is InChI=1S/C6H12O5/c1-10-6-5(9)4(8)3(2-7)11-6/h3-9H,2H2,1H3/t3-,4-,5?,6?/m1/s1. The molecule has 4 atom stereocenters. The molecule has 1 fully saturated rings. The van der Waals surface area contributed by atoms with Gasteiger partial charge in [0.2, 0.25) is 0 Å². The van der Waals surface area contributed by atoms with E-state index in [1.807, 2.05) is 0 Å². The van der Waals surface area contributed by atoms with Crippen molar-refractivity contribution in [3.63, 3.8) is 0 Å². The molecular weight excluding hydrogens is 152 g/mol. The molecule has 1 aliphatic heterocycles. The van der Waals surface area contributed by atoms with Crippen LogP contribution in [0.1, 0.15) is 0 Å². The zero-order valence-corrected chi connectivity index (χ0v) is 6.17. The van der Waals surface area contributed by atoms with E-state index in [9.17, 15) is 0 Å². The van der Waals surface area contributed by atoms with Crippen molar-refractivity contribution < 1.29 is 24.8 Å². The highest BCUT2D eigenvalue weighted by Gasteiger charge is 2.42. The van der Waals surface area contributed by atoms with Crippen molar-refractivity contribution in [2.24, 2.45) is 0 Å². The minimum Gasteiger partial charge on any atom is -0.394 e. The van der Waals surface area contributed by atoms with Crippen molar-refractivity contribution in [1.82, 2.24) is 0 Å². The molecule has 0 spiro atoms. The third kappa shape index (κ3) is 1.52. The van der Waals surface area contributed by atoms with Crippen LogP contribution < -0.4 is 0 Å². The molecular formula is C6H12O5. The number of hydrogen-bond donors (Lipinski definition) is 3. The highest BCUT2D eigenvalue weighted by atomic mass is 16.7. The average molecular weight is 164 g/mol. The van der Waals surface area contributed by atoms with Crippen molar-refractivity contribution in [3.8, 4) is 0 Å². The molecule has 3 N–H and O–H groups in total. The molecule has 0 amide bonds. The van der Waals surface area contributed by atoms with E-state index in [0.717, 1.165) is 0 Å². The van der Waals surface area contributed by atoms with Gasteiger partial charge in [-0.05, 0) is 0 Å². The largest absolute Gasteiger partial charge is 0.394 e. The summed E-state index contributed by atoms with van der Waals surface area (Å²) in [6, 6.07) is 0. The van der Waals surface area contributed by atoms with Gasteiger partial charge in [0.05, 0.1) is 6.61 Å². The van der Waals surface area contributed by atoms with E-state index < -0.39 is 24.6 Å². The van der Waals surface area contributed by atoms with E-state index in [-0.39, 0.29) is 6.61 Å². The minimum absolute atomic E-state index is 0.321. The maximum absolute atomic E-state index is 9.15. The third-order valence-electron chi connectivity index (χ3n) is 1.73. The highest BCUT2D eigenvalue weighted by molar-refractivity contribution is 4.85. The lowest BCUT2D eigenvalue weighted by molar-refractivity contribution is -0.153. The number of rotatable bonds is 2. The number of aliphatic hydroxyl groups excluding tert-OH is 3. The molecule has 1 saturated heterocycles. The van der Waals surface area contributed by atoms with E-state index in [1.165, 1.54) is 7.11 Å². The second-order valence-corrected chi connectivity index (χ2v) is 2.44. The zero-order valence-electron chi connectivity index (χ0n) is 6.17. The van der Waals surface area contributed by atoms with Crippen LogP contribution in [0, 0.1) is 0 Å². The van der Waals surface area contributed by atoms with E-state index >= 15 is 0 Å². The number of ether oxygens (including phenoxy) is 2. The van der Waals surface area contributed by atoms with Crippen LogP contribution in [0.5, 0.6) is 0 Å². The molecule has 0 aromatic rings. The van der Waals surface area contributed by atoms with Crippen LogP contribution in [0.3, 0.4) is 0 Å². The summed E-state index contributed by atoms with van der Waals surface area (Å²) in [5.41, 5.74) is 0. The molecule has 1 aliphatic rings. The second-order valence-electron chi connectivity index (χ2n) is 2.44. The Morgan fingerprint density at radius 2 is 2.00 bits per heavy atom. The fourth-order valence-electron chi connectivity index (χ4n) is 1.06. The van der Waals surface area contributed by atoms with Crippen LogP contribution in [0.25, 0.3) is 0 Å². The topological polar surface area (TPSA) is 79.2 Å². The Hall–Kier alpha value is -0.200. The summed E-state index contributed by atoms with van der Waals surface area (Å²) in [6.07, 6.45) is -3.71. The van der Waals surface area contributed by atoms with Gasteiger partial charge in [0.15, 0.2) is 6.29 Å². The SMILES string of the molecule is COC1O[C@H](CO)[C@@H](O)C1O.